The molecule has 4 aliphatic carbocycles. The zero-order chi connectivity index (χ0) is 20.2. The number of nitrogens with zero attached hydrogens (tertiary/aromatic N) is 4. The molecule has 1 heterocycles. The number of fused-ring (bicyclic) bond motifs is 5. The average Bonchev–Trinajstić information content (AvgIpc) is 3.34. The SMILES string of the molecule is C=C(Cn1ncnn1)[C@H]1CC[C@H]2[C@@H]3CC[C@H]4C[C@@](O)(CC)CC[C@@H]4[C@H]3CC[C@]12C. The molecule has 0 amide bonds. The van der Waals surface area contributed by atoms with Crippen molar-refractivity contribution < 1.29 is 5.11 Å². The molecule has 5 heteroatoms. The van der Waals surface area contributed by atoms with Crippen molar-refractivity contribution in [3.63, 3.8) is 0 Å². The molecular formula is C24H38N4O. The zero-order valence-electron chi connectivity index (χ0n) is 18.3. The number of rotatable bonds is 4. The third kappa shape index (κ3) is 3.19. The normalized spacial score (nSPS) is 46.6. The van der Waals surface area contributed by atoms with E-state index in [1.165, 1.54) is 56.8 Å². The van der Waals surface area contributed by atoms with E-state index in [1.807, 2.05) is 0 Å². The lowest BCUT2D eigenvalue weighted by Gasteiger charge is -2.57. The highest BCUT2D eigenvalue weighted by atomic mass is 16.3. The fraction of sp³-hybridized carbons (Fsp3) is 0.875. The van der Waals surface area contributed by atoms with Crippen LogP contribution in [0.1, 0.15) is 78.1 Å². The average molecular weight is 399 g/mol. The highest BCUT2D eigenvalue weighted by Crippen LogP contribution is 2.65. The van der Waals surface area contributed by atoms with E-state index >= 15 is 0 Å². The molecule has 0 aliphatic heterocycles. The molecule has 0 aromatic carbocycles. The summed E-state index contributed by atoms with van der Waals surface area (Å²) in [6, 6.07) is 0. The summed E-state index contributed by atoms with van der Waals surface area (Å²) in [5.74, 6) is 4.87. The number of aliphatic hydroxyl groups is 1. The Morgan fingerprint density at radius 3 is 2.69 bits per heavy atom. The van der Waals surface area contributed by atoms with E-state index in [2.05, 4.69) is 35.8 Å². The van der Waals surface area contributed by atoms with Gasteiger partial charge in [-0.2, -0.15) is 4.80 Å². The van der Waals surface area contributed by atoms with Gasteiger partial charge in [0.15, 0.2) is 6.33 Å². The Kier molecular flexibility index (Phi) is 4.88. The van der Waals surface area contributed by atoms with Crippen LogP contribution in [0.5, 0.6) is 0 Å². The maximum absolute atomic E-state index is 10.9. The van der Waals surface area contributed by atoms with Gasteiger partial charge in [0.25, 0.3) is 0 Å². The van der Waals surface area contributed by atoms with E-state index in [4.69, 9.17) is 0 Å². The van der Waals surface area contributed by atoms with E-state index in [1.54, 1.807) is 4.80 Å². The topological polar surface area (TPSA) is 63.8 Å². The van der Waals surface area contributed by atoms with Gasteiger partial charge in [0, 0.05) is 0 Å². The molecular weight excluding hydrogens is 360 g/mol. The molecule has 4 aliphatic rings. The Labute approximate surface area is 175 Å². The van der Waals surface area contributed by atoms with Crippen molar-refractivity contribution in [1.82, 2.24) is 20.2 Å². The van der Waals surface area contributed by atoms with Crippen LogP contribution in [-0.4, -0.2) is 30.9 Å². The van der Waals surface area contributed by atoms with Crippen LogP contribution in [0.25, 0.3) is 0 Å². The first-order valence-corrected chi connectivity index (χ1v) is 12.0. The molecule has 1 aromatic heterocycles. The number of allylic oxidation sites excluding steroid dienone is 1. The monoisotopic (exact) mass is 398 g/mol. The number of hydrogen-bond donors (Lipinski definition) is 1. The first kappa shape index (κ1) is 19.7. The van der Waals surface area contributed by atoms with Crippen molar-refractivity contribution in [1.29, 1.82) is 0 Å². The summed E-state index contributed by atoms with van der Waals surface area (Å²) in [7, 11) is 0. The van der Waals surface area contributed by atoms with Crippen LogP contribution >= 0.6 is 0 Å². The minimum atomic E-state index is -0.372. The van der Waals surface area contributed by atoms with Gasteiger partial charge in [0.2, 0.25) is 0 Å². The third-order valence-corrected chi connectivity index (χ3v) is 9.99. The van der Waals surface area contributed by atoms with Gasteiger partial charge in [-0.1, -0.05) is 26.0 Å². The molecule has 160 valence electrons. The Morgan fingerprint density at radius 2 is 1.93 bits per heavy atom. The Bertz CT molecular complexity index is 748. The van der Waals surface area contributed by atoms with Crippen LogP contribution in [0.3, 0.4) is 0 Å². The number of tetrazole rings is 1. The summed E-state index contributed by atoms with van der Waals surface area (Å²) in [6.45, 7) is 9.92. The Morgan fingerprint density at radius 1 is 1.10 bits per heavy atom. The molecule has 5 rings (SSSR count). The molecule has 8 atom stereocenters. The largest absolute Gasteiger partial charge is 0.390 e. The van der Waals surface area contributed by atoms with Crippen LogP contribution in [0.15, 0.2) is 18.5 Å². The van der Waals surface area contributed by atoms with Gasteiger partial charge < -0.3 is 5.11 Å². The summed E-state index contributed by atoms with van der Waals surface area (Å²) >= 11 is 0. The molecule has 4 fully saturated rings. The molecule has 1 N–H and O–H groups in total. The quantitative estimate of drug-likeness (QED) is 0.751. The van der Waals surface area contributed by atoms with Crippen LogP contribution < -0.4 is 0 Å². The van der Waals surface area contributed by atoms with Crippen LogP contribution in [0.4, 0.5) is 0 Å². The molecule has 29 heavy (non-hydrogen) atoms. The highest BCUT2D eigenvalue weighted by Gasteiger charge is 2.57. The summed E-state index contributed by atoms with van der Waals surface area (Å²) in [6.07, 6.45) is 13.9. The van der Waals surface area contributed by atoms with E-state index in [-0.39, 0.29) is 5.60 Å². The summed E-state index contributed by atoms with van der Waals surface area (Å²) in [5, 5.41) is 23.0. The van der Waals surface area contributed by atoms with Crippen LogP contribution in [0.2, 0.25) is 0 Å². The van der Waals surface area contributed by atoms with Crippen molar-refractivity contribution in [3.05, 3.63) is 18.5 Å². The molecule has 5 nitrogen and oxygen atoms in total. The molecule has 0 spiro atoms. The molecule has 1 aromatic rings. The van der Waals surface area contributed by atoms with Gasteiger partial charge in [-0.3, -0.25) is 0 Å². The fourth-order valence-electron chi connectivity index (χ4n) is 8.51. The van der Waals surface area contributed by atoms with Crippen molar-refractivity contribution in [3.8, 4) is 0 Å². The van der Waals surface area contributed by atoms with Crippen molar-refractivity contribution in [2.75, 3.05) is 0 Å². The first-order valence-electron chi connectivity index (χ1n) is 12.0. The Balaban J connectivity index is 1.31. The van der Waals surface area contributed by atoms with E-state index in [0.717, 1.165) is 48.9 Å². The lowest BCUT2D eigenvalue weighted by atomic mass is 9.48. The van der Waals surface area contributed by atoms with Crippen LogP contribution in [0, 0.1) is 40.9 Å². The highest BCUT2D eigenvalue weighted by molar-refractivity contribution is 5.15. The van der Waals surface area contributed by atoms with Gasteiger partial charge in [-0.15, -0.1) is 10.2 Å². The summed E-state index contributed by atoms with van der Waals surface area (Å²) in [4.78, 5) is 1.69. The minimum absolute atomic E-state index is 0.372. The number of aromatic nitrogens is 4. The smallest absolute Gasteiger partial charge is 0.162 e. The molecule has 0 unspecified atom stereocenters. The lowest BCUT2D eigenvalue weighted by molar-refractivity contribution is -0.105. The second-order valence-electron chi connectivity index (χ2n) is 11.1. The molecule has 0 bridgehead atoms. The second kappa shape index (κ2) is 7.18. The maximum atomic E-state index is 10.9. The molecule has 0 saturated heterocycles. The van der Waals surface area contributed by atoms with Gasteiger partial charge in [-0.25, -0.2) is 0 Å². The van der Waals surface area contributed by atoms with Gasteiger partial charge in [0.1, 0.15) is 0 Å². The summed E-state index contributed by atoms with van der Waals surface area (Å²) in [5.41, 5.74) is 1.32. The third-order valence-electron chi connectivity index (χ3n) is 9.99. The van der Waals surface area contributed by atoms with Gasteiger partial charge >= 0.3 is 0 Å². The second-order valence-corrected chi connectivity index (χ2v) is 11.1. The fourth-order valence-corrected chi connectivity index (χ4v) is 8.51. The zero-order valence-corrected chi connectivity index (χ0v) is 18.3. The first-order chi connectivity index (χ1) is 13.9. The Hall–Kier alpha value is -1.23. The molecule has 4 saturated carbocycles. The minimum Gasteiger partial charge on any atom is -0.390 e. The van der Waals surface area contributed by atoms with E-state index in [9.17, 15) is 5.11 Å². The van der Waals surface area contributed by atoms with E-state index in [0.29, 0.717) is 17.9 Å². The predicted octanol–water partition coefficient (Wildman–Crippen LogP) is 4.64. The van der Waals surface area contributed by atoms with Crippen LogP contribution in [-0.2, 0) is 6.54 Å². The standard InChI is InChI=1S/C24H38N4O/c1-4-24(29)12-10-18-17(13-24)5-6-20-19(18)9-11-23(3)21(7-8-22(20)23)16(2)14-28-26-15-25-27-28/h15,17-22,29H,2,4-14H2,1,3H3/t17-,18-,19+,20+,21+,22-,23+,24+/m0/s1. The van der Waals surface area contributed by atoms with Gasteiger partial charge in [-0.05, 0) is 110 Å². The van der Waals surface area contributed by atoms with Crippen molar-refractivity contribution >= 4 is 0 Å². The summed E-state index contributed by atoms with van der Waals surface area (Å²) < 4.78 is 0. The number of hydrogen-bond acceptors (Lipinski definition) is 4. The van der Waals surface area contributed by atoms with Crippen molar-refractivity contribution in [2.24, 2.45) is 40.9 Å². The van der Waals surface area contributed by atoms with Crippen molar-refractivity contribution in [2.45, 2.75) is 90.2 Å². The van der Waals surface area contributed by atoms with Gasteiger partial charge in [0.05, 0.1) is 12.1 Å². The lowest BCUT2D eigenvalue weighted by Crippen LogP contribution is -2.51. The van der Waals surface area contributed by atoms with E-state index < -0.39 is 0 Å². The maximum Gasteiger partial charge on any atom is 0.162 e. The predicted molar refractivity (Wildman–Crippen MR) is 113 cm³/mol. The molecule has 0 radical (unpaired) electrons.